The van der Waals surface area contributed by atoms with Crippen LogP contribution in [-0.2, 0) is 9.59 Å². The van der Waals surface area contributed by atoms with E-state index in [1.165, 1.54) is 6.92 Å². The van der Waals surface area contributed by atoms with Gasteiger partial charge in [0.25, 0.3) is 0 Å². The van der Waals surface area contributed by atoms with Gasteiger partial charge in [0.15, 0.2) is 0 Å². The first kappa shape index (κ1) is 21.2. The molecule has 0 bridgehead atoms. The smallest absolute Gasteiger partial charge is 0.318 e. The zero-order valence-corrected chi connectivity index (χ0v) is 17.2. The minimum Gasteiger partial charge on any atom is -0.368 e. The van der Waals surface area contributed by atoms with Crippen LogP contribution in [0.2, 0.25) is 0 Å². The first-order valence-corrected chi connectivity index (χ1v) is 9.96. The van der Waals surface area contributed by atoms with Crippen LogP contribution >= 0.6 is 0 Å². The van der Waals surface area contributed by atoms with E-state index < -0.39 is 6.04 Å². The van der Waals surface area contributed by atoms with Crippen LogP contribution in [-0.4, -0.2) is 55.0 Å². The van der Waals surface area contributed by atoms with E-state index in [0.717, 1.165) is 18.8 Å². The molecular weight excluding hydrogens is 382 g/mol. The van der Waals surface area contributed by atoms with Gasteiger partial charge in [-0.15, -0.1) is 0 Å². The molecule has 4 amide bonds. The van der Waals surface area contributed by atoms with E-state index in [4.69, 9.17) is 0 Å². The summed E-state index contributed by atoms with van der Waals surface area (Å²) in [5.74, 6) is -0.466. The van der Waals surface area contributed by atoms with E-state index in [2.05, 4.69) is 33.0 Å². The Kier molecular flexibility index (Phi) is 6.90. The van der Waals surface area contributed by atoms with Crippen LogP contribution in [0.3, 0.4) is 0 Å². The van der Waals surface area contributed by atoms with Gasteiger partial charge in [0.2, 0.25) is 11.8 Å². The number of urea groups is 1. The zero-order chi connectivity index (χ0) is 21.5. The van der Waals surface area contributed by atoms with Gasteiger partial charge in [-0.2, -0.15) is 0 Å². The number of carbonyl (C=O) groups excluding carboxylic acids is 3. The van der Waals surface area contributed by atoms with Crippen LogP contribution in [0.15, 0.2) is 54.6 Å². The van der Waals surface area contributed by atoms with Crippen LogP contribution in [0, 0.1) is 0 Å². The lowest BCUT2D eigenvalue weighted by molar-refractivity contribution is -0.117. The number of anilines is 3. The second-order valence-corrected chi connectivity index (χ2v) is 7.23. The predicted octanol–water partition coefficient (Wildman–Crippen LogP) is 2.50. The quantitative estimate of drug-likeness (QED) is 0.707. The van der Waals surface area contributed by atoms with Crippen molar-refractivity contribution in [1.82, 2.24) is 10.2 Å². The van der Waals surface area contributed by atoms with Gasteiger partial charge in [-0.25, -0.2) is 4.79 Å². The summed E-state index contributed by atoms with van der Waals surface area (Å²) < 4.78 is 0. The molecule has 0 aliphatic carbocycles. The van der Waals surface area contributed by atoms with Crippen molar-refractivity contribution in [3.8, 4) is 0 Å². The minimum atomic E-state index is -0.681. The molecule has 1 aliphatic heterocycles. The van der Waals surface area contributed by atoms with Crippen LogP contribution < -0.4 is 20.9 Å². The van der Waals surface area contributed by atoms with E-state index >= 15 is 0 Å². The summed E-state index contributed by atoms with van der Waals surface area (Å²) in [6.45, 7) is 5.78. The summed E-state index contributed by atoms with van der Waals surface area (Å²) >= 11 is 0. The molecule has 1 aliphatic rings. The number of carbonyl (C=O) groups is 3. The van der Waals surface area contributed by atoms with Gasteiger partial charge in [0.1, 0.15) is 6.04 Å². The number of hydrogen-bond donors (Lipinski definition) is 3. The highest BCUT2D eigenvalue weighted by molar-refractivity contribution is 5.97. The summed E-state index contributed by atoms with van der Waals surface area (Å²) in [7, 11) is 0. The van der Waals surface area contributed by atoms with Crippen molar-refractivity contribution in [2.75, 3.05) is 41.7 Å². The van der Waals surface area contributed by atoms with Gasteiger partial charge < -0.3 is 25.8 Å². The number of para-hydroxylation sites is 1. The Morgan fingerprint density at radius 3 is 1.97 bits per heavy atom. The molecule has 3 rings (SSSR count). The average molecular weight is 409 g/mol. The van der Waals surface area contributed by atoms with Crippen molar-refractivity contribution in [3.05, 3.63) is 54.6 Å². The van der Waals surface area contributed by atoms with E-state index in [-0.39, 0.29) is 17.8 Å². The summed E-state index contributed by atoms with van der Waals surface area (Å²) in [5, 5.41) is 8.19. The Hall–Kier alpha value is -3.55. The van der Waals surface area contributed by atoms with Crippen LogP contribution in [0.5, 0.6) is 0 Å². The lowest BCUT2D eigenvalue weighted by Gasteiger charge is -2.36. The van der Waals surface area contributed by atoms with Crippen molar-refractivity contribution < 1.29 is 14.4 Å². The largest absolute Gasteiger partial charge is 0.368 e. The molecule has 1 saturated heterocycles. The molecule has 158 valence electrons. The summed E-state index contributed by atoms with van der Waals surface area (Å²) in [6, 6.07) is 16.0. The molecule has 3 N–H and O–H groups in total. The molecule has 0 aromatic heterocycles. The van der Waals surface area contributed by atoms with Crippen LogP contribution in [0.1, 0.15) is 13.8 Å². The molecule has 1 heterocycles. The van der Waals surface area contributed by atoms with Crippen molar-refractivity contribution in [2.24, 2.45) is 0 Å². The predicted molar refractivity (Wildman–Crippen MR) is 118 cm³/mol. The molecule has 2 aromatic rings. The van der Waals surface area contributed by atoms with Gasteiger partial charge in [0, 0.05) is 50.2 Å². The fourth-order valence-corrected chi connectivity index (χ4v) is 3.24. The molecule has 0 saturated carbocycles. The Labute approximate surface area is 176 Å². The molecule has 2 aromatic carbocycles. The number of rotatable bonds is 5. The van der Waals surface area contributed by atoms with Crippen molar-refractivity contribution in [3.63, 3.8) is 0 Å². The first-order chi connectivity index (χ1) is 14.4. The molecule has 1 fully saturated rings. The average Bonchev–Trinajstić information content (AvgIpc) is 2.75. The zero-order valence-electron chi connectivity index (χ0n) is 17.2. The van der Waals surface area contributed by atoms with E-state index in [1.54, 1.807) is 36.1 Å². The van der Waals surface area contributed by atoms with Gasteiger partial charge in [-0.1, -0.05) is 18.2 Å². The molecular formula is C22H27N5O3. The van der Waals surface area contributed by atoms with Crippen molar-refractivity contribution >= 4 is 34.9 Å². The normalized spacial score (nSPS) is 14.6. The molecule has 1 atom stereocenters. The van der Waals surface area contributed by atoms with Gasteiger partial charge in [-0.3, -0.25) is 9.59 Å². The van der Waals surface area contributed by atoms with Crippen LogP contribution in [0.4, 0.5) is 21.9 Å². The van der Waals surface area contributed by atoms with Gasteiger partial charge >= 0.3 is 6.03 Å². The molecule has 30 heavy (non-hydrogen) atoms. The SMILES string of the molecule is CC(=O)Nc1ccc(NC(=O)[C@@H](C)NC(=O)N2CCN(c3ccccc3)CC2)cc1. The van der Waals surface area contributed by atoms with Gasteiger partial charge in [0.05, 0.1) is 0 Å². The lowest BCUT2D eigenvalue weighted by atomic mass is 10.2. The third kappa shape index (κ3) is 5.73. The Balaban J connectivity index is 1.46. The van der Waals surface area contributed by atoms with E-state index in [0.29, 0.717) is 24.5 Å². The third-order valence-corrected chi connectivity index (χ3v) is 4.89. The highest BCUT2D eigenvalue weighted by Gasteiger charge is 2.24. The third-order valence-electron chi connectivity index (χ3n) is 4.89. The fraction of sp³-hybridized carbons (Fsp3) is 0.318. The number of piperazine rings is 1. The molecule has 0 radical (unpaired) electrons. The van der Waals surface area contributed by atoms with E-state index in [1.807, 2.05) is 18.2 Å². The summed E-state index contributed by atoms with van der Waals surface area (Å²) in [4.78, 5) is 40.0. The number of nitrogens with zero attached hydrogens (tertiary/aromatic N) is 2. The second kappa shape index (κ2) is 9.78. The number of nitrogens with one attached hydrogen (secondary N) is 3. The van der Waals surface area contributed by atoms with Gasteiger partial charge in [-0.05, 0) is 43.3 Å². The summed E-state index contributed by atoms with van der Waals surface area (Å²) in [5.41, 5.74) is 2.39. The molecule has 8 heteroatoms. The second-order valence-electron chi connectivity index (χ2n) is 7.23. The maximum atomic E-state index is 12.5. The monoisotopic (exact) mass is 409 g/mol. The number of amides is 4. The maximum absolute atomic E-state index is 12.5. The minimum absolute atomic E-state index is 0.160. The highest BCUT2D eigenvalue weighted by Crippen LogP contribution is 2.16. The number of benzene rings is 2. The number of hydrogen-bond acceptors (Lipinski definition) is 4. The Bertz CT molecular complexity index is 877. The topological polar surface area (TPSA) is 93.8 Å². The lowest BCUT2D eigenvalue weighted by Crippen LogP contribution is -2.54. The first-order valence-electron chi connectivity index (χ1n) is 9.96. The molecule has 8 nitrogen and oxygen atoms in total. The fourth-order valence-electron chi connectivity index (χ4n) is 3.24. The van der Waals surface area contributed by atoms with Crippen LogP contribution in [0.25, 0.3) is 0 Å². The standard InChI is InChI=1S/C22H27N5O3/c1-16(21(29)25-19-10-8-18(9-11-19)24-17(2)28)23-22(30)27-14-12-26(13-15-27)20-6-4-3-5-7-20/h3-11,16H,12-15H2,1-2H3,(H,23,30)(H,24,28)(H,25,29)/t16-/m1/s1. The Morgan fingerprint density at radius 1 is 0.833 bits per heavy atom. The molecule has 0 unspecified atom stereocenters. The highest BCUT2D eigenvalue weighted by atomic mass is 16.2. The maximum Gasteiger partial charge on any atom is 0.318 e. The molecule has 0 spiro atoms. The van der Waals surface area contributed by atoms with Crippen molar-refractivity contribution in [2.45, 2.75) is 19.9 Å². The van der Waals surface area contributed by atoms with Crippen molar-refractivity contribution in [1.29, 1.82) is 0 Å². The Morgan fingerprint density at radius 2 is 1.40 bits per heavy atom. The summed E-state index contributed by atoms with van der Waals surface area (Å²) in [6.07, 6.45) is 0. The van der Waals surface area contributed by atoms with E-state index in [9.17, 15) is 14.4 Å².